The topological polar surface area (TPSA) is 43.4 Å². The lowest BCUT2D eigenvalue weighted by atomic mass is 10.2. The van der Waals surface area contributed by atoms with Gasteiger partial charge in [-0.05, 0) is 52.2 Å². The Kier molecular flexibility index (Phi) is 5.06. The second kappa shape index (κ2) is 6.62. The van der Waals surface area contributed by atoms with Gasteiger partial charge in [0.1, 0.15) is 11.5 Å². The lowest BCUT2D eigenvalue weighted by Crippen LogP contribution is -2.06. The van der Waals surface area contributed by atoms with Crippen LogP contribution in [-0.4, -0.2) is 14.2 Å². The molecule has 0 spiro atoms. The average Bonchev–Trinajstić information content (AvgIpc) is 2.44. The van der Waals surface area contributed by atoms with Gasteiger partial charge in [0.25, 0.3) is 0 Å². The van der Waals surface area contributed by atoms with Gasteiger partial charge in [-0.25, -0.2) is 8.42 Å². The van der Waals surface area contributed by atoms with Crippen LogP contribution in [-0.2, 0) is 15.6 Å². The van der Waals surface area contributed by atoms with Crippen LogP contribution in [0, 0.1) is 6.92 Å². The summed E-state index contributed by atoms with van der Waals surface area (Å²) in [5.41, 5.74) is 1.79. The van der Waals surface area contributed by atoms with Gasteiger partial charge >= 0.3 is 0 Å². The van der Waals surface area contributed by atoms with Crippen molar-refractivity contribution in [2.75, 3.05) is 5.75 Å². The highest BCUT2D eigenvalue weighted by Crippen LogP contribution is 2.32. The Bertz CT molecular complexity index is 739. The third-order valence-electron chi connectivity index (χ3n) is 3.14. The molecule has 112 valence electrons. The minimum atomic E-state index is -3.03. The maximum absolute atomic E-state index is 11.7. The van der Waals surface area contributed by atoms with Crippen molar-refractivity contribution in [2.45, 2.75) is 19.6 Å². The molecule has 21 heavy (non-hydrogen) atoms. The van der Waals surface area contributed by atoms with Crippen molar-refractivity contribution in [3.8, 4) is 11.5 Å². The van der Waals surface area contributed by atoms with Crippen molar-refractivity contribution in [2.24, 2.45) is 0 Å². The Labute approximate surface area is 134 Å². The van der Waals surface area contributed by atoms with E-state index < -0.39 is 9.84 Å². The Morgan fingerprint density at radius 1 is 1.10 bits per heavy atom. The van der Waals surface area contributed by atoms with Crippen molar-refractivity contribution in [1.29, 1.82) is 0 Å². The average molecular weight is 369 g/mol. The van der Waals surface area contributed by atoms with Gasteiger partial charge in [0.2, 0.25) is 0 Å². The number of ether oxygens (including phenoxy) is 1. The van der Waals surface area contributed by atoms with E-state index in [1.807, 2.05) is 31.2 Å². The van der Waals surface area contributed by atoms with Crippen LogP contribution < -0.4 is 4.74 Å². The second-order valence-electron chi connectivity index (χ2n) is 4.81. The standard InChI is InChI=1S/C16H17BrO3S/c1-3-21(18,19)11-13-8-9-16(14(17)10-13)20-15-7-5-4-6-12(15)2/h4-10H,3,11H2,1-2H3. The number of aryl methyl sites for hydroxylation is 1. The Balaban J connectivity index is 2.22. The largest absolute Gasteiger partial charge is 0.456 e. The molecule has 5 heteroatoms. The molecule has 0 radical (unpaired) electrons. The zero-order chi connectivity index (χ0) is 15.5. The summed E-state index contributed by atoms with van der Waals surface area (Å²) in [6.45, 7) is 3.63. The fourth-order valence-electron chi connectivity index (χ4n) is 1.86. The summed E-state index contributed by atoms with van der Waals surface area (Å²) < 4.78 is 29.9. The molecule has 2 rings (SSSR count). The Morgan fingerprint density at radius 2 is 1.81 bits per heavy atom. The van der Waals surface area contributed by atoms with E-state index in [1.165, 1.54) is 0 Å². The first kappa shape index (κ1) is 16.0. The highest BCUT2D eigenvalue weighted by Gasteiger charge is 2.11. The number of halogens is 1. The van der Waals surface area contributed by atoms with Crippen molar-refractivity contribution in [3.05, 3.63) is 58.1 Å². The van der Waals surface area contributed by atoms with Crippen LogP contribution in [0.25, 0.3) is 0 Å². The van der Waals surface area contributed by atoms with Gasteiger partial charge in [-0.15, -0.1) is 0 Å². The molecular weight excluding hydrogens is 352 g/mol. The summed E-state index contributed by atoms with van der Waals surface area (Å²) >= 11 is 3.44. The monoisotopic (exact) mass is 368 g/mol. The number of hydrogen-bond acceptors (Lipinski definition) is 3. The maximum Gasteiger partial charge on any atom is 0.154 e. The van der Waals surface area contributed by atoms with E-state index in [-0.39, 0.29) is 11.5 Å². The van der Waals surface area contributed by atoms with Crippen LogP contribution in [0.1, 0.15) is 18.1 Å². The third-order valence-corrected chi connectivity index (χ3v) is 5.41. The molecule has 0 aromatic heterocycles. The summed E-state index contributed by atoms with van der Waals surface area (Å²) in [5.74, 6) is 1.65. The molecule has 0 unspecified atom stereocenters. The fourth-order valence-corrected chi connectivity index (χ4v) is 3.26. The van der Waals surface area contributed by atoms with Crippen molar-refractivity contribution < 1.29 is 13.2 Å². The predicted octanol–water partition coefficient (Wildman–Crippen LogP) is 4.48. The van der Waals surface area contributed by atoms with Crippen molar-refractivity contribution in [1.82, 2.24) is 0 Å². The number of para-hydroxylation sites is 1. The molecule has 2 aromatic rings. The summed E-state index contributed by atoms with van der Waals surface area (Å²) in [6.07, 6.45) is 0. The Morgan fingerprint density at radius 3 is 2.43 bits per heavy atom. The van der Waals surface area contributed by atoms with Crippen LogP contribution in [0.5, 0.6) is 11.5 Å². The normalized spacial score (nSPS) is 11.4. The molecule has 2 aromatic carbocycles. The van der Waals surface area contributed by atoms with Gasteiger partial charge in [0, 0.05) is 5.75 Å². The van der Waals surface area contributed by atoms with Gasteiger partial charge in [-0.3, -0.25) is 0 Å². The van der Waals surface area contributed by atoms with Crippen LogP contribution >= 0.6 is 15.9 Å². The molecule has 0 heterocycles. The third kappa shape index (κ3) is 4.32. The van der Waals surface area contributed by atoms with E-state index >= 15 is 0 Å². The first-order chi connectivity index (χ1) is 9.91. The summed E-state index contributed by atoms with van der Waals surface area (Å²) in [6, 6.07) is 13.1. The van der Waals surface area contributed by atoms with E-state index in [9.17, 15) is 8.42 Å². The molecule has 0 fully saturated rings. The Hall–Kier alpha value is -1.33. The van der Waals surface area contributed by atoms with Crippen LogP contribution in [0.3, 0.4) is 0 Å². The molecule has 0 saturated heterocycles. The molecule has 3 nitrogen and oxygen atoms in total. The van der Waals surface area contributed by atoms with Crippen LogP contribution in [0.15, 0.2) is 46.9 Å². The second-order valence-corrected chi connectivity index (χ2v) is 8.02. The molecule has 0 bridgehead atoms. The summed E-state index contributed by atoms with van der Waals surface area (Å²) in [7, 11) is -3.03. The number of hydrogen-bond donors (Lipinski definition) is 0. The molecule has 0 amide bonds. The quantitative estimate of drug-likeness (QED) is 0.780. The highest BCUT2D eigenvalue weighted by molar-refractivity contribution is 9.10. The van der Waals surface area contributed by atoms with E-state index in [2.05, 4.69) is 15.9 Å². The van der Waals surface area contributed by atoms with E-state index in [0.29, 0.717) is 5.75 Å². The van der Waals surface area contributed by atoms with Gasteiger partial charge in [-0.1, -0.05) is 31.2 Å². The minimum Gasteiger partial charge on any atom is -0.456 e. The minimum absolute atomic E-state index is 0.0484. The van der Waals surface area contributed by atoms with E-state index in [4.69, 9.17) is 4.74 Å². The number of rotatable bonds is 5. The molecule has 0 saturated carbocycles. The van der Waals surface area contributed by atoms with Crippen LogP contribution in [0.4, 0.5) is 0 Å². The molecule has 0 aliphatic heterocycles. The van der Waals surface area contributed by atoms with Gasteiger partial charge < -0.3 is 4.74 Å². The van der Waals surface area contributed by atoms with E-state index in [0.717, 1.165) is 21.3 Å². The number of sulfone groups is 1. The zero-order valence-corrected chi connectivity index (χ0v) is 14.4. The van der Waals surface area contributed by atoms with E-state index in [1.54, 1.807) is 25.1 Å². The molecular formula is C16H17BrO3S. The smallest absolute Gasteiger partial charge is 0.154 e. The van der Waals surface area contributed by atoms with Crippen molar-refractivity contribution >= 4 is 25.8 Å². The SMILES string of the molecule is CCS(=O)(=O)Cc1ccc(Oc2ccccc2C)c(Br)c1. The van der Waals surface area contributed by atoms with Gasteiger partial charge in [0.15, 0.2) is 9.84 Å². The van der Waals surface area contributed by atoms with Crippen molar-refractivity contribution in [3.63, 3.8) is 0 Å². The molecule has 0 aliphatic rings. The zero-order valence-electron chi connectivity index (χ0n) is 12.0. The number of benzene rings is 2. The summed E-state index contributed by atoms with van der Waals surface area (Å²) in [4.78, 5) is 0. The molecule has 0 atom stereocenters. The molecule has 0 N–H and O–H groups in total. The highest BCUT2D eigenvalue weighted by atomic mass is 79.9. The predicted molar refractivity (Wildman–Crippen MR) is 88.6 cm³/mol. The lowest BCUT2D eigenvalue weighted by molar-refractivity contribution is 0.475. The van der Waals surface area contributed by atoms with Gasteiger partial charge in [-0.2, -0.15) is 0 Å². The van der Waals surface area contributed by atoms with Crippen LogP contribution in [0.2, 0.25) is 0 Å². The first-order valence-electron chi connectivity index (χ1n) is 6.63. The molecule has 0 aliphatic carbocycles. The summed E-state index contributed by atoms with van der Waals surface area (Å²) in [5, 5.41) is 0. The van der Waals surface area contributed by atoms with Gasteiger partial charge in [0.05, 0.1) is 10.2 Å². The lowest BCUT2D eigenvalue weighted by Gasteiger charge is -2.11. The first-order valence-corrected chi connectivity index (χ1v) is 9.25. The fraction of sp³-hybridized carbons (Fsp3) is 0.250. The maximum atomic E-state index is 11.7.